The molecule has 1 heterocycles. The standard InChI is InChI=1S/C20H32N4OS/c1-21-20(24-16-9-10-18(12-16)26-2)23-14-15-8-11-19(22-13-15)25-17-6-4-3-5-7-17/h8,11,13,16-18H,3-7,9-10,12,14H2,1-2H3,(H2,21,23,24). The Morgan fingerprint density at radius 1 is 1.23 bits per heavy atom. The molecule has 5 nitrogen and oxygen atoms in total. The Labute approximate surface area is 161 Å². The number of hydrogen-bond donors (Lipinski definition) is 2. The third-order valence-corrected chi connectivity index (χ3v) is 6.47. The van der Waals surface area contributed by atoms with Crippen LogP contribution < -0.4 is 15.4 Å². The number of ether oxygens (including phenoxy) is 1. The van der Waals surface area contributed by atoms with Gasteiger partial charge in [0.15, 0.2) is 5.96 Å². The summed E-state index contributed by atoms with van der Waals surface area (Å²) in [4.78, 5) is 8.83. The molecule has 26 heavy (non-hydrogen) atoms. The molecular formula is C20H32N4OS. The molecule has 6 heteroatoms. The van der Waals surface area contributed by atoms with Gasteiger partial charge in [0.05, 0.1) is 0 Å². The van der Waals surface area contributed by atoms with E-state index in [0.717, 1.165) is 42.0 Å². The number of hydrogen-bond acceptors (Lipinski definition) is 4. The van der Waals surface area contributed by atoms with Crippen LogP contribution in [0, 0.1) is 0 Å². The Balaban J connectivity index is 1.43. The highest BCUT2D eigenvalue weighted by Crippen LogP contribution is 2.28. The van der Waals surface area contributed by atoms with Crippen molar-refractivity contribution >= 4 is 17.7 Å². The lowest BCUT2D eigenvalue weighted by molar-refractivity contribution is 0.148. The highest BCUT2D eigenvalue weighted by Gasteiger charge is 2.24. The summed E-state index contributed by atoms with van der Waals surface area (Å²) >= 11 is 1.97. The van der Waals surface area contributed by atoms with Crippen molar-refractivity contribution in [2.24, 2.45) is 4.99 Å². The Bertz CT molecular complexity index is 572. The largest absolute Gasteiger partial charge is 0.474 e. The molecule has 2 aliphatic rings. The van der Waals surface area contributed by atoms with E-state index in [9.17, 15) is 0 Å². The van der Waals surface area contributed by atoms with Crippen molar-refractivity contribution in [3.05, 3.63) is 23.9 Å². The van der Waals surface area contributed by atoms with Crippen molar-refractivity contribution in [3.8, 4) is 5.88 Å². The zero-order chi connectivity index (χ0) is 18.2. The van der Waals surface area contributed by atoms with Crippen LogP contribution in [0.3, 0.4) is 0 Å². The van der Waals surface area contributed by atoms with E-state index in [-0.39, 0.29) is 0 Å². The van der Waals surface area contributed by atoms with Crippen LogP contribution >= 0.6 is 11.8 Å². The van der Waals surface area contributed by atoms with Gasteiger partial charge in [0.1, 0.15) is 6.10 Å². The fourth-order valence-electron chi connectivity index (χ4n) is 3.80. The molecule has 0 aliphatic heterocycles. The lowest BCUT2D eigenvalue weighted by Gasteiger charge is -2.22. The Kier molecular flexibility index (Phi) is 7.47. The molecule has 2 aliphatic carbocycles. The molecule has 0 radical (unpaired) electrons. The number of rotatable bonds is 6. The first-order valence-electron chi connectivity index (χ1n) is 9.88. The lowest BCUT2D eigenvalue weighted by atomic mass is 9.98. The minimum Gasteiger partial charge on any atom is -0.474 e. The van der Waals surface area contributed by atoms with Gasteiger partial charge < -0.3 is 15.4 Å². The van der Waals surface area contributed by atoms with Gasteiger partial charge in [0.2, 0.25) is 5.88 Å². The summed E-state index contributed by atoms with van der Waals surface area (Å²) in [5.41, 5.74) is 1.14. The Morgan fingerprint density at radius 3 is 2.73 bits per heavy atom. The van der Waals surface area contributed by atoms with Gasteiger partial charge in [-0.25, -0.2) is 4.98 Å². The Morgan fingerprint density at radius 2 is 2.08 bits per heavy atom. The molecule has 0 aromatic carbocycles. The molecule has 2 unspecified atom stereocenters. The number of nitrogens with one attached hydrogen (secondary N) is 2. The monoisotopic (exact) mass is 376 g/mol. The van der Waals surface area contributed by atoms with Gasteiger partial charge in [-0.2, -0.15) is 11.8 Å². The normalized spacial score (nSPS) is 24.5. The maximum Gasteiger partial charge on any atom is 0.213 e. The molecule has 3 rings (SSSR count). The maximum absolute atomic E-state index is 6.00. The van der Waals surface area contributed by atoms with Gasteiger partial charge in [-0.15, -0.1) is 0 Å². The molecule has 2 saturated carbocycles. The van der Waals surface area contributed by atoms with Gasteiger partial charge in [-0.1, -0.05) is 12.5 Å². The average Bonchev–Trinajstić information content (AvgIpc) is 3.15. The summed E-state index contributed by atoms with van der Waals surface area (Å²) < 4.78 is 6.00. The van der Waals surface area contributed by atoms with E-state index in [1.165, 1.54) is 38.5 Å². The molecule has 2 fully saturated rings. The zero-order valence-corrected chi connectivity index (χ0v) is 16.9. The van der Waals surface area contributed by atoms with E-state index in [0.29, 0.717) is 12.1 Å². The molecular weight excluding hydrogens is 344 g/mol. The highest BCUT2D eigenvalue weighted by atomic mass is 32.2. The van der Waals surface area contributed by atoms with Gasteiger partial charge in [-0.05, 0) is 56.8 Å². The van der Waals surface area contributed by atoms with E-state index in [4.69, 9.17) is 4.74 Å². The summed E-state index contributed by atoms with van der Waals surface area (Å²) in [6.07, 6.45) is 14.4. The van der Waals surface area contributed by atoms with Crippen LogP contribution in [0.25, 0.3) is 0 Å². The summed E-state index contributed by atoms with van der Waals surface area (Å²) in [6, 6.07) is 4.61. The van der Waals surface area contributed by atoms with Gasteiger partial charge in [0.25, 0.3) is 0 Å². The van der Waals surface area contributed by atoms with E-state index >= 15 is 0 Å². The molecule has 2 N–H and O–H groups in total. The van der Waals surface area contributed by atoms with Crippen LogP contribution in [0.15, 0.2) is 23.3 Å². The van der Waals surface area contributed by atoms with E-state index in [2.05, 4.69) is 32.9 Å². The maximum atomic E-state index is 6.00. The summed E-state index contributed by atoms with van der Waals surface area (Å²) in [5, 5.41) is 7.73. The number of aliphatic imine (C=N–C) groups is 1. The van der Waals surface area contributed by atoms with Crippen LogP contribution in [-0.2, 0) is 6.54 Å². The van der Waals surface area contributed by atoms with Crippen LogP contribution in [-0.4, -0.2) is 41.6 Å². The van der Waals surface area contributed by atoms with Crippen molar-refractivity contribution in [1.82, 2.24) is 15.6 Å². The number of thioether (sulfide) groups is 1. The van der Waals surface area contributed by atoms with Crippen LogP contribution in [0.4, 0.5) is 0 Å². The minimum absolute atomic E-state index is 0.347. The SMILES string of the molecule is CN=C(NCc1ccc(OC2CCCCC2)nc1)NC1CCC(SC)C1. The second kappa shape index (κ2) is 10.0. The smallest absolute Gasteiger partial charge is 0.213 e. The molecule has 1 aromatic rings. The molecule has 1 aromatic heterocycles. The van der Waals surface area contributed by atoms with Gasteiger partial charge in [-0.3, -0.25) is 4.99 Å². The van der Waals surface area contributed by atoms with Crippen molar-refractivity contribution < 1.29 is 4.74 Å². The number of aromatic nitrogens is 1. The topological polar surface area (TPSA) is 58.5 Å². The third-order valence-electron chi connectivity index (χ3n) is 5.38. The molecule has 0 amide bonds. The first-order valence-corrected chi connectivity index (χ1v) is 11.2. The fraction of sp³-hybridized carbons (Fsp3) is 0.700. The van der Waals surface area contributed by atoms with Gasteiger partial charge in [0, 0.05) is 37.1 Å². The van der Waals surface area contributed by atoms with Crippen LogP contribution in [0.1, 0.15) is 56.9 Å². The summed E-state index contributed by atoms with van der Waals surface area (Å²) in [7, 11) is 1.83. The second-order valence-electron chi connectivity index (χ2n) is 7.32. The quantitative estimate of drug-likeness (QED) is 0.585. The molecule has 0 spiro atoms. The van der Waals surface area contributed by atoms with Crippen molar-refractivity contribution in [3.63, 3.8) is 0 Å². The minimum atomic E-state index is 0.347. The predicted molar refractivity (Wildman–Crippen MR) is 110 cm³/mol. The molecule has 2 atom stereocenters. The van der Waals surface area contributed by atoms with Crippen molar-refractivity contribution in [1.29, 1.82) is 0 Å². The Hall–Kier alpha value is -1.43. The van der Waals surface area contributed by atoms with Crippen LogP contribution in [0.2, 0.25) is 0 Å². The second-order valence-corrected chi connectivity index (χ2v) is 8.46. The fourth-order valence-corrected chi connectivity index (χ4v) is 4.59. The first-order chi connectivity index (χ1) is 12.8. The van der Waals surface area contributed by atoms with E-state index in [1.807, 2.05) is 31.1 Å². The van der Waals surface area contributed by atoms with Gasteiger partial charge >= 0.3 is 0 Å². The van der Waals surface area contributed by atoms with E-state index < -0.39 is 0 Å². The zero-order valence-electron chi connectivity index (χ0n) is 16.0. The molecule has 0 saturated heterocycles. The lowest BCUT2D eigenvalue weighted by Crippen LogP contribution is -2.42. The highest BCUT2D eigenvalue weighted by molar-refractivity contribution is 7.99. The summed E-state index contributed by atoms with van der Waals surface area (Å²) in [5.74, 6) is 1.62. The van der Waals surface area contributed by atoms with E-state index in [1.54, 1.807) is 0 Å². The average molecular weight is 377 g/mol. The van der Waals surface area contributed by atoms with Crippen molar-refractivity contribution in [2.75, 3.05) is 13.3 Å². The van der Waals surface area contributed by atoms with Crippen molar-refractivity contribution in [2.45, 2.75) is 75.3 Å². The molecule has 144 valence electrons. The predicted octanol–water partition coefficient (Wildman–Crippen LogP) is 3.74. The first kappa shape index (κ1) is 19.3. The summed E-state index contributed by atoms with van der Waals surface area (Å²) in [6.45, 7) is 0.717. The third kappa shape index (κ3) is 5.79. The molecule has 0 bridgehead atoms. The van der Waals surface area contributed by atoms with Crippen LogP contribution in [0.5, 0.6) is 5.88 Å². The number of guanidine groups is 1. The number of nitrogens with zero attached hydrogens (tertiary/aromatic N) is 2. The number of pyridine rings is 1.